The summed E-state index contributed by atoms with van der Waals surface area (Å²) in [4.78, 5) is 23.1. The first-order chi connectivity index (χ1) is 11.0. The molecule has 122 valence electrons. The molecule has 1 atom stereocenters. The molecular formula is C16H16NO6-. The highest BCUT2D eigenvalue weighted by Crippen LogP contribution is 2.31. The number of benzene rings is 1. The van der Waals surface area contributed by atoms with E-state index in [1.54, 1.807) is 24.3 Å². The Balaban J connectivity index is 2.27. The predicted octanol–water partition coefficient (Wildman–Crippen LogP) is 0.908. The van der Waals surface area contributed by atoms with Crippen molar-refractivity contribution in [1.29, 1.82) is 0 Å². The molecular weight excluding hydrogens is 302 g/mol. The molecule has 0 bridgehead atoms. The first kappa shape index (κ1) is 16.4. The second-order valence-electron chi connectivity index (χ2n) is 4.69. The molecule has 1 N–H and O–H groups in total. The third-order valence-corrected chi connectivity index (χ3v) is 3.23. The van der Waals surface area contributed by atoms with Crippen LogP contribution < -0.4 is 19.9 Å². The number of furan rings is 1. The first-order valence-electron chi connectivity index (χ1n) is 6.81. The fourth-order valence-electron chi connectivity index (χ4n) is 2.13. The molecule has 1 aromatic carbocycles. The van der Waals surface area contributed by atoms with Crippen LogP contribution in [0.3, 0.4) is 0 Å². The van der Waals surface area contributed by atoms with Crippen molar-refractivity contribution in [3.63, 3.8) is 0 Å². The molecule has 2 aromatic rings. The number of rotatable bonds is 7. The van der Waals surface area contributed by atoms with Gasteiger partial charge in [0, 0.05) is 12.4 Å². The molecule has 0 aliphatic carbocycles. The average molecular weight is 318 g/mol. The predicted molar refractivity (Wildman–Crippen MR) is 78.1 cm³/mol. The number of carboxylic acid groups (broad SMARTS) is 1. The van der Waals surface area contributed by atoms with Gasteiger partial charge in [0.25, 0.3) is 5.91 Å². The van der Waals surface area contributed by atoms with Crippen molar-refractivity contribution in [3.8, 4) is 11.5 Å². The minimum Gasteiger partial charge on any atom is -0.550 e. The van der Waals surface area contributed by atoms with E-state index in [1.807, 2.05) is 0 Å². The summed E-state index contributed by atoms with van der Waals surface area (Å²) in [5.41, 5.74) is 0.548. The molecule has 1 heterocycles. The highest BCUT2D eigenvalue weighted by molar-refractivity contribution is 5.91. The van der Waals surface area contributed by atoms with Crippen LogP contribution in [0.5, 0.6) is 11.5 Å². The van der Waals surface area contributed by atoms with Crippen molar-refractivity contribution in [2.45, 2.75) is 12.5 Å². The third kappa shape index (κ3) is 4.03. The molecule has 1 aromatic heterocycles. The second-order valence-corrected chi connectivity index (χ2v) is 4.69. The fraction of sp³-hybridized carbons (Fsp3) is 0.250. The van der Waals surface area contributed by atoms with Crippen LogP contribution in [0.15, 0.2) is 41.0 Å². The van der Waals surface area contributed by atoms with Gasteiger partial charge in [-0.1, -0.05) is 6.07 Å². The normalized spacial score (nSPS) is 11.6. The van der Waals surface area contributed by atoms with Crippen LogP contribution in [0, 0.1) is 0 Å². The van der Waals surface area contributed by atoms with Crippen LogP contribution in [0.1, 0.15) is 28.6 Å². The Kier molecular flexibility index (Phi) is 5.24. The first-order valence-corrected chi connectivity index (χ1v) is 6.81. The maximum Gasteiger partial charge on any atom is 0.287 e. The number of methoxy groups -OCH3 is 2. The van der Waals surface area contributed by atoms with Crippen molar-refractivity contribution in [1.82, 2.24) is 5.32 Å². The zero-order valence-corrected chi connectivity index (χ0v) is 12.7. The van der Waals surface area contributed by atoms with E-state index in [0.29, 0.717) is 17.1 Å². The third-order valence-electron chi connectivity index (χ3n) is 3.23. The van der Waals surface area contributed by atoms with Gasteiger partial charge in [0.15, 0.2) is 17.3 Å². The maximum absolute atomic E-state index is 12.1. The molecule has 0 saturated carbocycles. The summed E-state index contributed by atoms with van der Waals surface area (Å²) in [5.74, 6) is -0.782. The molecule has 0 spiro atoms. The largest absolute Gasteiger partial charge is 0.550 e. The fourth-order valence-corrected chi connectivity index (χ4v) is 2.13. The van der Waals surface area contributed by atoms with Crippen LogP contribution >= 0.6 is 0 Å². The maximum atomic E-state index is 12.1. The standard InChI is InChI=1S/C16H17NO6/c1-21-12-6-5-10(8-14(12)22-2)11(9-15(18)19)17-16(20)13-4-3-7-23-13/h3-8,11H,9H2,1-2H3,(H,17,20)(H,18,19)/p-1/t11-/m0/s1. The van der Waals surface area contributed by atoms with E-state index in [1.165, 1.54) is 26.5 Å². The Labute approximate surface area is 132 Å². The lowest BCUT2D eigenvalue weighted by atomic mass is 10.0. The van der Waals surface area contributed by atoms with Gasteiger partial charge in [-0.2, -0.15) is 0 Å². The molecule has 0 unspecified atom stereocenters. The molecule has 7 nitrogen and oxygen atoms in total. The molecule has 0 radical (unpaired) electrons. The summed E-state index contributed by atoms with van der Waals surface area (Å²) in [6, 6.07) is 7.15. The Hall–Kier alpha value is -2.96. The van der Waals surface area contributed by atoms with Crippen molar-refractivity contribution in [3.05, 3.63) is 47.9 Å². The summed E-state index contributed by atoms with van der Waals surface area (Å²) in [7, 11) is 2.96. The van der Waals surface area contributed by atoms with E-state index < -0.39 is 17.9 Å². The van der Waals surface area contributed by atoms with Gasteiger partial charge in [0.1, 0.15) is 0 Å². The van der Waals surface area contributed by atoms with Gasteiger partial charge in [-0.15, -0.1) is 0 Å². The number of hydrogen-bond donors (Lipinski definition) is 1. The van der Waals surface area contributed by atoms with Crippen LogP contribution in [0.2, 0.25) is 0 Å². The number of amides is 1. The Morgan fingerprint density at radius 1 is 1.22 bits per heavy atom. The lowest BCUT2D eigenvalue weighted by Gasteiger charge is -2.20. The van der Waals surface area contributed by atoms with Crippen LogP contribution in [0.4, 0.5) is 0 Å². The van der Waals surface area contributed by atoms with Gasteiger partial charge in [-0.3, -0.25) is 4.79 Å². The Morgan fingerprint density at radius 2 is 1.96 bits per heavy atom. The van der Waals surface area contributed by atoms with E-state index >= 15 is 0 Å². The van der Waals surface area contributed by atoms with Crippen LogP contribution in [-0.2, 0) is 4.79 Å². The van der Waals surface area contributed by atoms with Crippen molar-refractivity contribution >= 4 is 11.9 Å². The van der Waals surface area contributed by atoms with Gasteiger partial charge in [-0.05, 0) is 29.8 Å². The number of nitrogens with one attached hydrogen (secondary N) is 1. The van der Waals surface area contributed by atoms with Crippen molar-refractivity contribution in [2.75, 3.05) is 14.2 Å². The summed E-state index contributed by atoms with van der Waals surface area (Å²) in [6.45, 7) is 0. The molecule has 23 heavy (non-hydrogen) atoms. The minimum absolute atomic E-state index is 0.0915. The smallest absolute Gasteiger partial charge is 0.287 e. The number of carbonyl (C=O) groups is 2. The number of carboxylic acids is 1. The molecule has 0 fully saturated rings. The molecule has 0 aliphatic rings. The number of aliphatic carboxylic acids is 1. The van der Waals surface area contributed by atoms with Crippen molar-refractivity contribution in [2.24, 2.45) is 0 Å². The summed E-state index contributed by atoms with van der Waals surface area (Å²) < 4.78 is 15.3. The number of hydrogen-bond acceptors (Lipinski definition) is 6. The van der Waals surface area contributed by atoms with E-state index in [2.05, 4.69) is 5.32 Å². The zero-order chi connectivity index (χ0) is 16.8. The van der Waals surface area contributed by atoms with E-state index in [0.717, 1.165) is 0 Å². The molecule has 1 amide bonds. The van der Waals surface area contributed by atoms with Gasteiger partial charge in [0.05, 0.1) is 26.5 Å². The second kappa shape index (κ2) is 7.35. The minimum atomic E-state index is -1.29. The zero-order valence-electron chi connectivity index (χ0n) is 12.7. The highest BCUT2D eigenvalue weighted by atomic mass is 16.5. The monoisotopic (exact) mass is 318 g/mol. The van der Waals surface area contributed by atoms with E-state index in [-0.39, 0.29) is 12.2 Å². The summed E-state index contributed by atoms with van der Waals surface area (Å²) in [5, 5.41) is 13.6. The SMILES string of the molecule is COc1ccc([C@H](CC(=O)[O-])NC(=O)c2ccco2)cc1OC. The van der Waals surface area contributed by atoms with E-state index in [4.69, 9.17) is 13.9 Å². The summed E-state index contributed by atoms with van der Waals surface area (Å²) >= 11 is 0. The molecule has 2 rings (SSSR count). The lowest BCUT2D eigenvalue weighted by Crippen LogP contribution is -2.34. The topological polar surface area (TPSA) is 101 Å². The van der Waals surface area contributed by atoms with Crippen LogP contribution in [0.25, 0.3) is 0 Å². The molecule has 0 saturated heterocycles. The van der Waals surface area contributed by atoms with Gasteiger partial charge in [0.2, 0.25) is 0 Å². The lowest BCUT2D eigenvalue weighted by molar-refractivity contribution is -0.306. The Bertz CT molecular complexity index is 680. The Morgan fingerprint density at radius 3 is 2.52 bits per heavy atom. The number of carbonyl (C=O) groups excluding carboxylic acids is 2. The van der Waals surface area contributed by atoms with Gasteiger partial charge in [-0.25, -0.2) is 0 Å². The highest BCUT2D eigenvalue weighted by Gasteiger charge is 2.19. The van der Waals surface area contributed by atoms with Crippen molar-refractivity contribution < 1.29 is 28.6 Å². The quantitative estimate of drug-likeness (QED) is 0.814. The van der Waals surface area contributed by atoms with Crippen LogP contribution in [-0.4, -0.2) is 26.1 Å². The molecule has 7 heteroatoms. The van der Waals surface area contributed by atoms with Gasteiger partial charge >= 0.3 is 0 Å². The van der Waals surface area contributed by atoms with E-state index in [9.17, 15) is 14.7 Å². The van der Waals surface area contributed by atoms with Gasteiger partial charge < -0.3 is 29.1 Å². The number of ether oxygens (including phenoxy) is 2. The summed E-state index contributed by atoms with van der Waals surface area (Å²) in [6.07, 6.45) is 0.973. The average Bonchev–Trinajstić information content (AvgIpc) is 3.07. The molecule has 0 aliphatic heterocycles.